The zero-order valence-electron chi connectivity index (χ0n) is 13.0. The fourth-order valence-corrected chi connectivity index (χ4v) is 2.79. The Morgan fingerprint density at radius 2 is 2.04 bits per heavy atom. The number of nitrogens with zero attached hydrogens (tertiary/aromatic N) is 1. The van der Waals surface area contributed by atoms with Crippen LogP contribution in [0.5, 0.6) is 11.5 Å². The minimum Gasteiger partial charge on any atom is -0.496 e. The molecule has 1 N–H and O–H groups in total. The lowest BCUT2D eigenvalue weighted by Gasteiger charge is -2.35. The molecule has 0 aliphatic carbocycles. The zero-order valence-corrected chi connectivity index (χ0v) is 13.0. The van der Waals surface area contributed by atoms with Gasteiger partial charge in [0.25, 0.3) is 0 Å². The molecule has 0 radical (unpaired) electrons. The summed E-state index contributed by atoms with van der Waals surface area (Å²) in [4.78, 5) is 2.28. The van der Waals surface area contributed by atoms with Crippen molar-refractivity contribution in [1.82, 2.24) is 10.2 Å². The fourth-order valence-electron chi connectivity index (χ4n) is 2.79. The van der Waals surface area contributed by atoms with Crippen molar-refractivity contribution in [2.75, 3.05) is 33.3 Å². The number of piperazine rings is 1. The number of ether oxygens (including phenoxy) is 2. The van der Waals surface area contributed by atoms with Crippen molar-refractivity contribution in [2.24, 2.45) is 0 Å². The molecule has 2 rings (SSSR count). The molecule has 0 saturated carbocycles. The van der Waals surface area contributed by atoms with E-state index in [9.17, 15) is 13.2 Å². The summed E-state index contributed by atoms with van der Waals surface area (Å²) in [6.07, 6.45) is -2.21. The molecule has 0 aromatic heterocycles. The SMILES string of the molecule is C=CC[C@H](c1ccc(OC(F)(F)F)cc1OC)N1CCNCC1. The number of methoxy groups -OCH3 is 1. The number of benzene rings is 1. The molecule has 0 amide bonds. The Labute approximate surface area is 133 Å². The Morgan fingerprint density at radius 1 is 1.35 bits per heavy atom. The second kappa shape index (κ2) is 7.70. The van der Waals surface area contributed by atoms with Crippen LogP contribution in [0.3, 0.4) is 0 Å². The van der Waals surface area contributed by atoms with E-state index in [0.29, 0.717) is 12.2 Å². The number of alkyl halides is 3. The molecule has 1 saturated heterocycles. The maximum atomic E-state index is 12.4. The number of hydrogen-bond donors (Lipinski definition) is 1. The van der Waals surface area contributed by atoms with Crippen molar-refractivity contribution in [3.8, 4) is 11.5 Å². The summed E-state index contributed by atoms with van der Waals surface area (Å²) in [5.41, 5.74) is 0.837. The van der Waals surface area contributed by atoms with Gasteiger partial charge in [-0.05, 0) is 12.5 Å². The highest BCUT2D eigenvalue weighted by Gasteiger charge is 2.32. The second-order valence-electron chi connectivity index (χ2n) is 5.28. The summed E-state index contributed by atoms with van der Waals surface area (Å²) >= 11 is 0. The van der Waals surface area contributed by atoms with E-state index < -0.39 is 6.36 Å². The van der Waals surface area contributed by atoms with Crippen LogP contribution in [0.15, 0.2) is 30.9 Å². The molecule has 128 valence electrons. The van der Waals surface area contributed by atoms with Crippen molar-refractivity contribution >= 4 is 0 Å². The minimum atomic E-state index is -4.72. The third kappa shape index (κ3) is 4.87. The Kier molecular flexibility index (Phi) is 5.90. The molecule has 1 atom stereocenters. The van der Waals surface area contributed by atoms with Crippen molar-refractivity contribution in [1.29, 1.82) is 0 Å². The standard InChI is InChI=1S/C16H21F3N2O2/c1-3-4-14(21-9-7-20-8-10-21)13-6-5-12(11-15(13)22-2)23-16(17,18)19/h3,5-6,11,14,20H,1,4,7-10H2,2H3/t14-/m1/s1. The van der Waals surface area contributed by atoms with Crippen molar-refractivity contribution in [2.45, 2.75) is 18.8 Å². The van der Waals surface area contributed by atoms with Gasteiger partial charge in [0.1, 0.15) is 11.5 Å². The first-order valence-corrected chi connectivity index (χ1v) is 7.44. The molecule has 7 heteroatoms. The highest BCUT2D eigenvalue weighted by Crippen LogP contribution is 2.36. The Hall–Kier alpha value is -1.73. The average Bonchev–Trinajstić information content (AvgIpc) is 2.52. The van der Waals surface area contributed by atoms with Gasteiger partial charge in [0.15, 0.2) is 0 Å². The third-order valence-corrected chi connectivity index (χ3v) is 3.78. The molecule has 1 aliphatic heterocycles. The van der Waals surface area contributed by atoms with E-state index in [-0.39, 0.29) is 11.8 Å². The van der Waals surface area contributed by atoms with Gasteiger partial charge in [-0.15, -0.1) is 19.8 Å². The molecule has 1 heterocycles. The molecular weight excluding hydrogens is 309 g/mol. The van der Waals surface area contributed by atoms with Gasteiger partial charge in [0, 0.05) is 43.9 Å². The van der Waals surface area contributed by atoms with E-state index in [1.807, 2.05) is 6.08 Å². The lowest BCUT2D eigenvalue weighted by molar-refractivity contribution is -0.274. The van der Waals surface area contributed by atoms with E-state index in [2.05, 4.69) is 21.5 Å². The molecule has 1 aromatic carbocycles. The zero-order chi connectivity index (χ0) is 16.9. The van der Waals surface area contributed by atoms with E-state index in [1.54, 1.807) is 6.07 Å². The van der Waals surface area contributed by atoms with Crippen LogP contribution in [0.4, 0.5) is 13.2 Å². The Morgan fingerprint density at radius 3 is 2.61 bits per heavy atom. The molecule has 4 nitrogen and oxygen atoms in total. The molecule has 0 spiro atoms. The first-order chi connectivity index (χ1) is 10.9. The predicted octanol–water partition coefficient (Wildman–Crippen LogP) is 3.12. The van der Waals surface area contributed by atoms with E-state index in [4.69, 9.17) is 4.74 Å². The van der Waals surface area contributed by atoms with Gasteiger partial charge >= 0.3 is 6.36 Å². The highest BCUT2D eigenvalue weighted by molar-refractivity contribution is 5.43. The summed E-state index contributed by atoms with van der Waals surface area (Å²) in [6, 6.07) is 4.25. The summed E-state index contributed by atoms with van der Waals surface area (Å²) < 4.78 is 46.3. The first kappa shape index (κ1) is 17.6. The third-order valence-electron chi connectivity index (χ3n) is 3.78. The van der Waals surface area contributed by atoms with E-state index in [0.717, 1.165) is 31.7 Å². The molecule has 23 heavy (non-hydrogen) atoms. The molecule has 0 bridgehead atoms. The van der Waals surface area contributed by atoms with E-state index in [1.165, 1.54) is 19.2 Å². The van der Waals surface area contributed by atoms with Crippen molar-refractivity contribution in [3.63, 3.8) is 0 Å². The monoisotopic (exact) mass is 330 g/mol. The lowest BCUT2D eigenvalue weighted by atomic mass is 9.99. The first-order valence-electron chi connectivity index (χ1n) is 7.44. The maximum Gasteiger partial charge on any atom is 0.573 e. The number of halogens is 3. The average molecular weight is 330 g/mol. The molecule has 0 unspecified atom stereocenters. The van der Waals surface area contributed by atoms with Gasteiger partial charge in [0.2, 0.25) is 0 Å². The molecule has 1 aliphatic rings. The Bertz CT molecular complexity index is 529. The fraction of sp³-hybridized carbons (Fsp3) is 0.500. The molecule has 1 fully saturated rings. The van der Waals surface area contributed by atoms with Gasteiger partial charge in [-0.1, -0.05) is 12.1 Å². The summed E-state index contributed by atoms with van der Waals surface area (Å²) in [5.74, 6) is 0.105. The van der Waals surface area contributed by atoms with Crippen LogP contribution in [0.1, 0.15) is 18.0 Å². The van der Waals surface area contributed by atoms with Crippen LogP contribution in [0, 0.1) is 0 Å². The van der Waals surface area contributed by atoms with Crippen LogP contribution < -0.4 is 14.8 Å². The number of rotatable bonds is 6. The maximum absolute atomic E-state index is 12.4. The van der Waals surface area contributed by atoms with Gasteiger partial charge < -0.3 is 14.8 Å². The van der Waals surface area contributed by atoms with Gasteiger partial charge in [-0.2, -0.15) is 0 Å². The van der Waals surface area contributed by atoms with Crippen LogP contribution in [0.2, 0.25) is 0 Å². The highest BCUT2D eigenvalue weighted by atomic mass is 19.4. The Balaban J connectivity index is 2.28. The summed E-state index contributed by atoms with van der Waals surface area (Å²) in [7, 11) is 1.44. The van der Waals surface area contributed by atoms with E-state index >= 15 is 0 Å². The van der Waals surface area contributed by atoms with Gasteiger partial charge in [-0.25, -0.2) is 0 Å². The summed E-state index contributed by atoms with van der Waals surface area (Å²) in [5, 5.41) is 3.28. The number of hydrogen-bond acceptors (Lipinski definition) is 4. The van der Waals surface area contributed by atoms with Crippen molar-refractivity contribution in [3.05, 3.63) is 36.4 Å². The lowest BCUT2D eigenvalue weighted by Crippen LogP contribution is -2.45. The predicted molar refractivity (Wildman–Crippen MR) is 81.7 cm³/mol. The quantitative estimate of drug-likeness (QED) is 0.813. The second-order valence-corrected chi connectivity index (χ2v) is 5.28. The summed E-state index contributed by atoms with van der Waals surface area (Å²) in [6.45, 7) is 7.27. The largest absolute Gasteiger partial charge is 0.573 e. The van der Waals surface area contributed by atoms with Crippen LogP contribution in [-0.2, 0) is 0 Å². The minimum absolute atomic E-state index is 0.0180. The van der Waals surface area contributed by atoms with Crippen molar-refractivity contribution < 1.29 is 22.6 Å². The smallest absolute Gasteiger partial charge is 0.496 e. The van der Waals surface area contributed by atoms with Crippen LogP contribution in [0.25, 0.3) is 0 Å². The normalized spacial score (nSPS) is 17.6. The topological polar surface area (TPSA) is 33.7 Å². The van der Waals surface area contributed by atoms with Crippen LogP contribution >= 0.6 is 0 Å². The van der Waals surface area contributed by atoms with Gasteiger partial charge in [0.05, 0.1) is 7.11 Å². The van der Waals surface area contributed by atoms with Crippen LogP contribution in [-0.4, -0.2) is 44.6 Å². The van der Waals surface area contributed by atoms with Gasteiger partial charge in [-0.3, -0.25) is 4.90 Å². The molecule has 1 aromatic rings. The number of nitrogens with one attached hydrogen (secondary N) is 1. The molecular formula is C16H21F3N2O2.